The van der Waals surface area contributed by atoms with E-state index in [9.17, 15) is 9.90 Å². The lowest BCUT2D eigenvalue weighted by Crippen LogP contribution is -2.39. The van der Waals surface area contributed by atoms with Crippen LogP contribution in [0.25, 0.3) is 0 Å². The fourth-order valence-corrected chi connectivity index (χ4v) is 1.92. The topological polar surface area (TPSA) is 37.3 Å². The molecule has 0 fully saturated rings. The Kier molecular flexibility index (Phi) is 2.38. The number of rotatable bonds is 1. The van der Waals surface area contributed by atoms with E-state index in [1.165, 1.54) is 6.92 Å². The van der Waals surface area contributed by atoms with Gasteiger partial charge in [0, 0.05) is 0 Å². The molecule has 0 aromatic carbocycles. The number of hydrogen-bond acceptors (Lipinski definition) is 2. The molecule has 0 saturated carbocycles. The van der Waals surface area contributed by atoms with Crippen molar-refractivity contribution in [3.05, 3.63) is 11.6 Å². The molecule has 0 heterocycles. The number of aliphatic hydroxyl groups is 1. The van der Waals surface area contributed by atoms with Gasteiger partial charge in [-0.3, -0.25) is 4.79 Å². The van der Waals surface area contributed by atoms with Crippen LogP contribution >= 0.6 is 0 Å². The largest absolute Gasteiger partial charge is 0.378 e. The second kappa shape index (κ2) is 3.02. The lowest BCUT2D eigenvalue weighted by Gasteiger charge is -2.30. The van der Waals surface area contributed by atoms with Crippen LogP contribution in [0, 0.1) is 5.92 Å². The van der Waals surface area contributed by atoms with Crippen molar-refractivity contribution < 1.29 is 9.90 Å². The predicted octanol–water partition coefficient (Wildman–Crippen LogP) is 1.68. The Morgan fingerprint density at radius 1 is 1.75 bits per heavy atom. The maximum Gasteiger partial charge on any atom is 0.165 e. The van der Waals surface area contributed by atoms with Crippen LogP contribution in [0.1, 0.15) is 33.6 Å². The van der Waals surface area contributed by atoms with Crippen molar-refractivity contribution in [3.8, 4) is 0 Å². The van der Waals surface area contributed by atoms with E-state index in [2.05, 4.69) is 6.92 Å². The quantitative estimate of drug-likeness (QED) is 0.605. The second-order valence-corrected chi connectivity index (χ2v) is 3.98. The molecule has 1 rings (SSSR count). The highest BCUT2D eigenvalue weighted by molar-refractivity contribution is 5.87. The fourth-order valence-electron chi connectivity index (χ4n) is 1.92. The van der Waals surface area contributed by atoms with Crippen LogP contribution in [0.2, 0.25) is 0 Å². The van der Waals surface area contributed by atoms with E-state index >= 15 is 0 Å². The van der Waals surface area contributed by atoms with Gasteiger partial charge >= 0.3 is 0 Å². The molecule has 68 valence electrons. The summed E-state index contributed by atoms with van der Waals surface area (Å²) in [6, 6.07) is 0. The van der Waals surface area contributed by atoms with Gasteiger partial charge < -0.3 is 5.11 Å². The highest BCUT2D eigenvalue weighted by atomic mass is 16.3. The SMILES string of the molecule is CC(=O)C1(O)C=C(C)CC(C)C1. The molecule has 0 aliphatic heterocycles. The smallest absolute Gasteiger partial charge is 0.165 e. The molecule has 0 spiro atoms. The first-order valence-corrected chi connectivity index (χ1v) is 4.36. The third-order valence-corrected chi connectivity index (χ3v) is 2.42. The van der Waals surface area contributed by atoms with Crippen LogP contribution in [-0.4, -0.2) is 16.5 Å². The van der Waals surface area contributed by atoms with E-state index < -0.39 is 5.60 Å². The summed E-state index contributed by atoms with van der Waals surface area (Å²) < 4.78 is 0. The van der Waals surface area contributed by atoms with E-state index in [0.29, 0.717) is 12.3 Å². The van der Waals surface area contributed by atoms with E-state index in [4.69, 9.17) is 0 Å². The standard InChI is InChI=1S/C10H16O2/c1-7-4-8(2)6-10(12,5-7)9(3)11/h5,8,12H,4,6H2,1-3H3. The summed E-state index contributed by atoms with van der Waals surface area (Å²) >= 11 is 0. The number of allylic oxidation sites excluding steroid dienone is 1. The lowest BCUT2D eigenvalue weighted by molar-refractivity contribution is -0.132. The van der Waals surface area contributed by atoms with Gasteiger partial charge in [-0.2, -0.15) is 0 Å². The molecule has 1 aliphatic carbocycles. The molecule has 0 radical (unpaired) electrons. The Morgan fingerprint density at radius 3 is 2.75 bits per heavy atom. The maximum absolute atomic E-state index is 11.1. The Hall–Kier alpha value is -0.630. The van der Waals surface area contributed by atoms with Gasteiger partial charge in [0.25, 0.3) is 0 Å². The first-order chi connectivity index (χ1) is 5.44. The summed E-state index contributed by atoms with van der Waals surface area (Å²) in [6.45, 7) is 5.47. The van der Waals surface area contributed by atoms with Crippen molar-refractivity contribution in [3.63, 3.8) is 0 Å². The molecule has 0 saturated heterocycles. The summed E-state index contributed by atoms with van der Waals surface area (Å²) in [6.07, 6.45) is 3.27. The van der Waals surface area contributed by atoms with Gasteiger partial charge in [-0.15, -0.1) is 0 Å². The third-order valence-electron chi connectivity index (χ3n) is 2.42. The van der Waals surface area contributed by atoms with Gasteiger partial charge in [0.2, 0.25) is 0 Å². The van der Waals surface area contributed by atoms with Crippen molar-refractivity contribution in [2.24, 2.45) is 5.92 Å². The fraction of sp³-hybridized carbons (Fsp3) is 0.700. The predicted molar refractivity (Wildman–Crippen MR) is 47.8 cm³/mol. The molecule has 12 heavy (non-hydrogen) atoms. The maximum atomic E-state index is 11.1. The first kappa shape index (κ1) is 9.46. The Balaban J connectivity index is 2.92. The zero-order chi connectivity index (χ0) is 9.35. The number of ketones is 1. The Bertz CT molecular complexity index is 230. The molecule has 1 aliphatic rings. The van der Waals surface area contributed by atoms with E-state index in [0.717, 1.165) is 12.0 Å². The molecular weight excluding hydrogens is 152 g/mol. The summed E-state index contributed by atoms with van der Waals surface area (Å²) in [5, 5.41) is 9.86. The Labute approximate surface area is 73.3 Å². The molecule has 0 amide bonds. The van der Waals surface area contributed by atoms with Crippen LogP contribution in [0.5, 0.6) is 0 Å². The van der Waals surface area contributed by atoms with Gasteiger partial charge in [0.1, 0.15) is 5.60 Å². The molecule has 1 N–H and O–H groups in total. The minimum absolute atomic E-state index is 0.145. The average Bonchev–Trinajstić information content (AvgIpc) is 1.82. The highest BCUT2D eigenvalue weighted by Crippen LogP contribution is 2.31. The van der Waals surface area contributed by atoms with Crippen LogP contribution in [0.3, 0.4) is 0 Å². The monoisotopic (exact) mass is 168 g/mol. The molecule has 0 aromatic rings. The van der Waals surface area contributed by atoms with Gasteiger partial charge in [0.05, 0.1) is 0 Å². The van der Waals surface area contributed by atoms with Crippen LogP contribution in [0.15, 0.2) is 11.6 Å². The number of carbonyl (C=O) groups is 1. The van der Waals surface area contributed by atoms with Crippen molar-refractivity contribution in [2.75, 3.05) is 0 Å². The molecule has 2 nitrogen and oxygen atoms in total. The van der Waals surface area contributed by atoms with E-state index in [1.807, 2.05) is 6.92 Å². The minimum atomic E-state index is -1.18. The minimum Gasteiger partial charge on any atom is -0.378 e. The zero-order valence-corrected chi connectivity index (χ0v) is 7.92. The number of carbonyl (C=O) groups excluding carboxylic acids is 1. The van der Waals surface area contributed by atoms with Crippen LogP contribution < -0.4 is 0 Å². The van der Waals surface area contributed by atoms with Gasteiger partial charge in [-0.05, 0) is 38.7 Å². The second-order valence-electron chi connectivity index (χ2n) is 3.98. The zero-order valence-electron chi connectivity index (χ0n) is 7.92. The highest BCUT2D eigenvalue weighted by Gasteiger charge is 2.34. The molecule has 2 heteroatoms. The normalized spacial score (nSPS) is 36.0. The van der Waals surface area contributed by atoms with Crippen LogP contribution in [-0.2, 0) is 4.79 Å². The summed E-state index contributed by atoms with van der Waals surface area (Å²) in [7, 11) is 0. The molecular formula is C10H16O2. The van der Waals surface area contributed by atoms with Crippen molar-refractivity contribution >= 4 is 5.78 Å². The molecule has 2 atom stereocenters. The van der Waals surface area contributed by atoms with Gasteiger partial charge in [0.15, 0.2) is 5.78 Å². The summed E-state index contributed by atoms with van der Waals surface area (Å²) in [4.78, 5) is 11.1. The van der Waals surface area contributed by atoms with Crippen LogP contribution in [0.4, 0.5) is 0 Å². The molecule has 0 bridgehead atoms. The molecule has 2 unspecified atom stereocenters. The summed E-state index contributed by atoms with van der Waals surface area (Å²) in [5.41, 5.74) is -0.0617. The Morgan fingerprint density at radius 2 is 2.33 bits per heavy atom. The summed E-state index contributed by atoms with van der Waals surface area (Å²) in [5.74, 6) is 0.261. The number of Topliss-reactive ketones (excluding diaryl/α,β-unsaturated/α-hetero) is 1. The van der Waals surface area contributed by atoms with Crippen molar-refractivity contribution in [2.45, 2.75) is 39.2 Å². The number of hydrogen-bond donors (Lipinski definition) is 1. The lowest BCUT2D eigenvalue weighted by atomic mass is 9.79. The van der Waals surface area contributed by atoms with Gasteiger partial charge in [-0.25, -0.2) is 0 Å². The third kappa shape index (κ3) is 1.75. The van der Waals surface area contributed by atoms with E-state index in [1.54, 1.807) is 6.08 Å². The molecule has 0 aromatic heterocycles. The van der Waals surface area contributed by atoms with Crippen molar-refractivity contribution in [1.29, 1.82) is 0 Å². The van der Waals surface area contributed by atoms with Crippen molar-refractivity contribution in [1.82, 2.24) is 0 Å². The first-order valence-electron chi connectivity index (χ1n) is 4.36. The van der Waals surface area contributed by atoms with E-state index in [-0.39, 0.29) is 5.78 Å². The van der Waals surface area contributed by atoms with Gasteiger partial charge in [-0.1, -0.05) is 12.5 Å². The average molecular weight is 168 g/mol.